The highest BCUT2D eigenvalue weighted by Gasteiger charge is 2.40. The molecule has 234 valence electrons. The monoisotopic (exact) mass is 580 g/mol. The third-order valence-corrected chi connectivity index (χ3v) is 7.59. The molecule has 0 spiro atoms. The zero-order valence-corrected chi connectivity index (χ0v) is 26.0. The maximum absolute atomic E-state index is 11.6. The SMILES string of the molecule is C=CCC[C@@H](C[C@@H](O)[C@@H](C)[C@H](CC[C@@H](C)[C@H](OCc1ccc(OC)cc1)[C@@H]1COC(C)(C)O1)OCOC)OC(C)=O. The van der Waals surface area contributed by atoms with Gasteiger partial charge in [-0.3, -0.25) is 4.79 Å². The van der Waals surface area contributed by atoms with Gasteiger partial charge in [0.15, 0.2) is 5.79 Å². The van der Waals surface area contributed by atoms with E-state index in [9.17, 15) is 9.90 Å². The molecule has 7 atom stereocenters. The van der Waals surface area contributed by atoms with E-state index in [-0.39, 0.29) is 49.0 Å². The molecule has 2 rings (SSSR count). The number of ether oxygens (including phenoxy) is 7. The minimum Gasteiger partial charge on any atom is -0.497 e. The summed E-state index contributed by atoms with van der Waals surface area (Å²) in [7, 11) is 3.22. The van der Waals surface area contributed by atoms with Gasteiger partial charge in [0.2, 0.25) is 0 Å². The number of methoxy groups -OCH3 is 2. The summed E-state index contributed by atoms with van der Waals surface area (Å²) in [5.41, 5.74) is 1.04. The van der Waals surface area contributed by atoms with Gasteiger partial charge in [-0.25, -0.2) is 0 Å². The fraction of sp³-hybridized carbons (Fsp3) is 0.719. The van der Waals surface area contributed by atoms with Crippen molar-refractivity contribution in [2.45, 2.75) is 110 Å². The second kappa shape index (κ2) is 17.8. The maximum Gasteiger partial charge on any atom is 0.302 e. The molecule has 1 aliphatic heterocycles. The van der Waals surface area contributed by atoms with Crippen LogP contribution in [0.4, 0.5) is 0 Å². The van der Waals surface area contributed by atoms with Gasteiger partial charge in [0.1, 0.15) is 24.8 Å². The molecule has 1 N–H and O–H groups in total. The Hall–Kier alpha value is -2.01. The van der Waals surface area contributed by atoms with Gasteiger partial charge in [0, 0.05) is 26.4 Å². The molecule has 9 heteroatoms. The lowest BCUT2D eigenvalue weighted by atomic mass is 9.87. The number of allylic oxidation sites excluding steroid dienone is 1. The zero-order valence-electron chi connectivity index (χ0n) is 26.0. The van der Waals surface area contributed by atoms with E-state index in [0.717, 1.165) is 17.7 Å². The molecule has 1 fully saturated rings. The second-order valence-corrected chi connectivity index (χ2v) is 11.4. The highest BCUT2D eigenvalue weighted by molar-refractivity contribution is 5.66. The molecule has 1 saturated heterocycles. The lowest BCUT2D eigenvalue weighted by Crippen LogP contribution is -2.39. The molecule has 1 aromatic carbocycles. The van der Waals surface area contributed by atoms with Crippen molar-refractivity contribution in [2.75, 3.05) is 27.6 Å². The van der Waals surface area contributed by atoms with E-state index in [0.29, 0.717) is 38.9 Å². The molecule has 0 unspecified atom stereocenters. The molecule has 1 aliphatic rings. The van der Waals surface area contributed by atoms with Crippen LogP contribution in [-0.4, -0.2) is 75.0 Å². The summed E-state index contributed by atoms with van der Waals surface area (Å²) in [4.78, 5) is 11.6. The first kappa shape index (κ1) is 35.2. The van der Waals surface area contributed by atoms with Crippen LogP contribution < -0.4 is 4.74 Å². The van der Waals surface area contributed by atoms with Crippen LogP contribution in [0.3, 0.4) is 0 Å². The highest BCUT2D eigenvalue weighted by atomic mass is 16.7. The van der Waals surface area contributed by atoms with E-state index in [1.54, 1.807) is 20.3 Å². The van der Waals surface area contributed by atoms with Gasteiger partial charge in [-0.2, -0.15) is 0 Å². The minimum absolute atomic E-state index is 0.107. The van der Waals surface area contributed by atoms with Crippen LogP contribution in [0.5, 0.6) is 5.75 Å². The lowest BCUT2D eigenvalue weighted by molar-refractivity contribution is -0.165. The van der Waals surface area contributed by atoms with Gasteiger partial charge in [-0.1, -0.05) is 32.1 Å². The van der Waals surface area contributed by atoms with Crippen molar-refractivity contribution >= 4 is 5.97 Å². The van der Waals surface area contributed by atoms with Gasteiger partial charge >= 0.3 is 5.97 Å². The van der Waals surface area contributed by atoms with Crippen LogP contribution in [0.2, 0.25) is 0 Å². The Balaban J connectivity index is 2.08. The van der Waals surface area contributed by atoms with Crippen LogP contribution in [-0.2, 0) is 39.8 Å². The van der Waals surface area contributed by atoms with Crippen molar-refractivity contribution in [1.82, 2.24) is 0 Å². The molecule has 1 heterocycles. The van der Waals surface area contributed by atoms with Gasteiger partial charge < -0.3 is 38.3 Å². The van der Waals surface area contributed by atoms with Crippen LogP contribution >= 0.6 is 0 Å². The topological polar surface area (TPSA) is 102 Å². The van der Waals surface area contributed by atoms with Crippen LogP contribution in [0, 0.1) is 11.8 Å². The van der Waals surface area contributed by atoms with E-state index in [2.05, 4.69) is 13.5 Å². The molecule has 9 nitrogen and oxygen atoms in total. The van der Waals surface area contributed by atoms with Gasteiger partial charge in [0.05, 0.1) is 38.6 Å². The number of esters is 1. The number of rotatable bonds is 20. The molecule has 41 heavy (non-hydrogen) atoms. The number of aliphatic hydroxyl groups is 1. The quantitative estimate of drug-likeness (QED) is 0.123. The van der Waals surface area contributed by atoms with Crippen LogP contribution in [0.15, 0.2) is 36.9 Å². The Bertz CT molecular complexity index is 888. The van der Waals surface area contributed by atoms with Crippen molar-refractivity contribution in [3.63, 3.8) is 0 Å². The third-order valence-electron chi connectivity index (χ3n) is 7.59. The van der Waals surface area contributed by atoms with Crippen LogP contribution in [0.1, 0.15) is 72.3 Å². The normalized spacial score (nSPS) is 20.9. The molecule has 0 aromatic heterocycles. The zero-order chi connectivity index (χ0) is 30.4. The fourth-order valence-corrected chi connectivity index (χ4v) is 5.17. The largest absolute Gasteiger partial charge is 0.497 e. The Labute approximate surface area is 246 Å². The van der Waals surface area contributed by atoms with Crippen LogP contribution in [0.25, 0.3) is 0 Å². The Morgan fingerprint density at radius 3 is 2.41 bits per heavy atom. The van der Waals surface area contributed by atoms with E-state index in [1.807, 2.05) is 45.0 Å². The predicted octanol–water partition coefficient (Wildman–Crippen LogP) is 5.42. The predicted molar refractivity (Wildman–Crippen MR) is 156 cm³/mol. The van der Waals surface area contributed by atoms with Gasteiger partial charge in [-0.15, -0.1) is 6.58 Å². The molecular weight excluding hydrogens is 528 g/mol. The van der Waals surface area contributed by atoms with Gasteiger partial charge in [0.25, 0.3) is 0 Å². The minimum atomic E-state index is -0.726. The van der Waals surface area contributed by atoms with E-state index in [4.69, 9.17) is 33.2 Å². The fourth-order valence-electron chi connectivity index (χ4n) is 5.17. The summed E-state index contributed by atoms with van der Waals surface area (Å²) in [6.45, 7) is 14.1. The first-order valence-electron chi connectivity index (χ1n) is 14.6. The number of aliphatic hydroxyl groups excluding tert-OH is 1. The molecule has 0 amide bonds. The molecule has 0 bridgehead atoms. The summed E-state index contributed by atoms with van der Waals surface area (Å²) in [5, 5.41) is 11.1. The first-order valence-corrected chi connectivity index (χ1v) is 14.6. The summed E-state index contributed by atoms with van der Waals surface area (Å²) in [5.74, 6) is -0.343. The number of hydrogen-bond acceptors (Lipinski definition) is 9. The lowest BCUT2D eigenvalue weighted by Gasteiger charge is -2.33. The molecular formula is C32H52O9. The highest BCUT2D eigenvalue weighted by Crippen LogP contribution is 2.32. The molecule has 0 radical (unpaired) electrons. The first-order chi connectivity index (χ1) is 19.5. The number of carbonyl (C=O) groups is 1. The van der Waals surface area contributed by atoms with Crippen molar-refractivity contribution in [1.29, 1.82) is 0 Å². The molecule has 0 saturated carbocycles. The van der Waals surface area contributed by atoms with E-state index < -0.39 is 11.9 Å². The summed E-state index contributed by atoms with van der Waals surface area (Å²) in [6.07, 6.45) is 3.04. The van der Waals surface area contributed by atoms with E-state index in [1.165, 1.54) is 6.92 Å². The van der Waals surface area contributed by atoms with Crippen molar-refractivity contribution in [2.24, 2.45) is 11.8 Å². The average Bonchev–Trinajstić information content (AvgIpc) is 3.30. The summed E-state index contributed by atoms with van der Waals surface area (Å²) in [6, 6.07) is 7.82. The van der Waals surface area contributed by atoms with Crippen molar-refractivity contribution in [3.05, 3.63) is 42.5 Å². The molecule has 1 aromatic rings. The van der Waals surface area contributed by atoms with Crippen molar-refractivity contribution in [3.8, 4) is 5.75 Å². The van der Waals surface area contributed by atoms with E-state index >= 15 is 0 Å². The average molecular weight is 581 g/mol. The number of carbonyl (C=O) groups excluding carboxylic acids is 1. The Morgan fingerprint density at radius 1 is 1.15 bits per heavy atom. The Morgan fingerprint density at radius 2 is 1.85 bits per heavy atom. The molecule has 0 aliphatic carbocycles. The number of benzene rings is 1. The maximum atomic E-state index is 11.6. The summed E-state index contributed by atoms with van der Waals surface area (Å²) >= 11 is 0. The Kier molecular flexibility index (Phi) is 15.3. The summed E-state index contributed by atoms with van der Waals surface area (Å²) < 4.78 is 40.5. The standard InChI is InChI=1S/C32H52O9/c1-9-10-11-27(40-24(4)33)18-28(34)23(3)29(38-21-35-7)17-12-22(2)31(30-20-39-32(5,6)41-30)37-19-25-13-15-26(36-8)16-14-25/h9,13-16,22-23,27-31,34H,1,10-12,17-21H2,2-8H3/t22-,23-,27+,28-,29+,30+,31+/m1/s1. The second-order valence-electron chi connectivity index (χ2n) is 11.4. The smallest absolute Gasteiger partial charge is 0.302 e. The van der Waals surface area contributed by atoms with Crippen molar-refractivity contribution < 1.29 is 43.1 Å². The van der Waals surface area contributed by atoms with Gasteiger partial charge in [-0.05, 0) is 63.1 Å². The number of hydrogen-bond donors (Lipinski definition) is 1. The third kappa shape index (κ3) is 12.4.